The zero-order chi connectivity index (χ0) is 18.4. The van der Waals surface area contributed by atoms with Crippen molar-refractivity contribution < 1.29 is 9.53 Å². The Morgan fingerprint density at radius 2 is 1.50 bits per heavy atom. The fourth-order valence-corrected chi connectivity index (χ4v) is 2.91. The quantitative estimate of drug-likeness (QED) is 0.571. The fraction of sp³-hybridized carbons (Fsp3) is 0.0870. The first kappa shape index (κ1) is 17.5. The van der Waals surface area contributed by atoms with Gasteiger partial charge in [-0.3, -0.25) is 9.69 Å². The minimum Gasteiger partial charge on any atom is -0.497 e. The molecule has 0 aromatic heterocycles. The van der Waals surface area contributed by atoms with Crippen molar-refractivity contribution in [3.05, 3.63) is 109 Å². The van der Waals surface area contributed by atoms with Gasteiger partial charge in [0.1, 0.15) is 5.75 Å². The number of benzene rings is 3. The Kier molecular flexibility index (Phi) is 5.49. The molecule has 0 radical (unpaired) electrons. The Balaban J connectivity index is 2.08. The van der Waals surface area contributed by atoms with Crippen molar-refractivity contribution in [3.8, 4) is 5.75 Å². The molecule has 3 rings (SSSR count). The van der Waals surface area contributed by atoms with Gasteiger partial charge in [0, 0.05) is 11.3 Å². The third-order valence-corrected chi connectivity index (χ3v) is 4.23. The van der Waals surface area contributed by atoms with E-state index < -0.39 is 0 Å². The number of carbonyl (C=O) groups is 1. The van der Waals surface area contributed by atoms with Crippen LogP contribution in [0.1, 0.15) is 22.0 Å². The monoisotopic (exact) mass is 343 g/mol. The first-order chi connectivity index (χ1) is 12.7. The lowest BCUT2D eigenvalue weighted by Gasteiger charge is -2.30. The van der Waals surface area contributed by atoms with E-state index in [1.807, 2.05) is 84.9 Å². The summed E-state index contributed by atoms with van der Waals surface area (Å²) < 4.78 is 5.24. The van der Waals surface area contributed by atoms with Crippen LogP contribution in [0.5, 0.6) is 5.75 Å². The first-order valence-corrected chi connectivity index (χ1v) is 8.44. The van der Waals surface area contributed by atoms with Gasteiger partial charge in [-0.2, -0.15) is 0 Å². The second-order valence-electron chi connectivity index (χ2n) is 5.83. The molecule has 3 aromatic carbocycles. The van der Waals surface area contributed by atoms with E-state index >= 15 is 0 Å². The van der Waals surface area contributed by atoms with Crippen LogP contribution in [0.25, 0.3) is 0 Å². The van der Waals surface area contributed by atoms with Crippen molar-refractivity contribution in [1.29, 1.82) is 0 Å². The largest absolute Gasteiger partial charge is 0.497 e. The van der Waals surface area contributed by atoms with Crippen LogP contribution in [0.15, 0.2) is 97.6 Å². The molecule has 0 heterocycles. The summed E-state index contributed by atoms with van der Waals surface area (Å²) in [6, 6.07) is 26.4. The molecule has 130 valence electrons. The number of amides is 1. The van der Waals surface area contributed by atoms with E-state index in [2.05, 4.69) is 6.58 Å². The van der Waals surface area contributed by atoms with Crippen LogP contribution in [0.4, 0.5) is 5.69 Å². The lowest BCUT2D eigenvalue weighted by molar-refractivity contribution is 0.0981. The lowest BCUT2D eigenvalue weighted by atomic mass is 10.0. The molecule has 0 bridgehead atoms. The number of carbonyl (C=O) groups excluding carboxylic acids is 1. The number of nitrogens with zero attached hydrogens (tertiary/aromatic N) is 1. The van der Waals surface area contributed by atoms with E-state index in [-0.39, 0.29) is 11.9 Å². The predicted octanol–water partition coefficient (Wildman–Crippen LogP) is 5.27. The molecule has 1 amide bonds. The Morgan fingerprint density at radius 1 is 0.923 bits per heavy atom. The van der Waals surface area contributed by atoms with Crippen molar-refractivity contribution in [2.45, 2.75) is 6.04 Å². The second-order valence-corrected chi connectivity index (χ2v) is 5.83. The van der Waals surface area contributed by atoms with E-state index in [1.54, 1.807) is 18.1 Å². The molecule has 0 saturated carbocycles. The topological polar surface area (TPSA) is 29.5 Å². The minimum absolute atomic E-state index is 0.0791. The maximum absolute atomic E-state index is 13.3. The molecule has 0 spiro atoms. The fourth-order valence-electron chi connectivity index (χ4n) is 2.91. The van der Waals surface area contributed by atoms with Crippen molar-refractivity contribution in [1.82, 2.24) is 0 Å². The molecule has 0 N–H and O–H groups in total. The molecule has 0 fully saturated rings. The third kappa shape index (κ3) is 3.67. The summed E-state index contributed by atoms with van der Waals surface area (Å²) >= 11 is 0. The molecular weight excluding hydrogens is 322 g/mol. The number of anilines is 1. The number of hydrogen-bond donors (Lipinski definition) is 0. The van der Waals surface area contributed by atoms with Crippen molar-refractivity contribution >= 4 is 11.6 Å². The maximum atomic E-state index is 13.3. The van der Waals surface area contributed by atoms with Gasteiger partial charge in [-0.15, -0.1) is 6.58 Å². The molecule has 0 aliphatic heterocycles. The average molecular weight is 343 g/mol. The van der Waals surface area contributed by atoms with Crippen molar-refractivity contribution in [2.75, 3.05) is 12.0 Å². The van der Waals surface area contributed by atoms with Gasteiger partial charge in [0.05, 0.1) is 13.2 Å². The summed E-state index contributed by atoms with van der Waals surface area (Å²) in [6.45, 7) is 3.98. The van der Waals surface area contributed by atoms with Gasteiger partial charge in [0.15, 0.2) is 0 Å². The van der Waals surface area contributed by atoms with Gasteiger partial charge in [0.2, 0.25) is 0 Å². The van der Waals surface area contributed by atoms with Crippen LogP contribution in [0, 0.1) is 0 Å². The van der Waals surface area contributed by atoms with Gasteiger partial charge >= 0.3 is 0 Å². The Bertz CT molecular complexity index is 858. The minimum atomic E-state index is -0.280. The SMILES string of the molecule is C=C[C@@H](c1ccccc1)N(C(=O)c1ccccc1)c1ccc(OC)cc1. The van der Waals surface area contributed by atoms with Crippen LogP contribution < -0.4 is 9.64 Å². The third-order valence-electron chi connectivity index (χ3n) is 4.23. The zero-order valence-electron chi connectivity index (χ0n) is 14.7. The molecule has 26 heavy (non-hydrogen) atoms. The summed E-state index contributed by atoms with van der Waals surface area (Å²) in [4.78, 5) is 15.1. The van der Waals surface area contributed by atoms with Crippen molar-refractivity contribution in [2.24, 2.45) is 0 Å². The summed E-state index contributed by atoms with van der Waals surface area (Å²) in [5.74, 6) is 0.667. The van der Waals surface area contributed by atoms with E-state index in [9.17, 15) is 4.79 Å². The lowest BCUT2D eigenvalue weighted by Crippen LogP contribution is -2.34. The van der Waals surface area contributed by atoms with Crippen LogP contribution in [0.2, 0.25) is 0 Å². The summed E-state index contributed by atoms with van der Waals surface area (Å²) in [6.07, 6.45) is 1.79. The maximum Gasteiger partial charge on any atom is 0.259 e. The summed E-state index contributed by atoms with van der Waals surface area (Å²) in [7, 11) is 1.62. The van der Waals surface area contributed by atoms with Crippen LogP contribution in [-0.4, -0.2) is 13.0 Å². The van der Waals surface area contributed by atoms with Gasteiger partial charge in [-0.25, -0.2) is 0 Å². The average Bonchev–Trinajstić information content (AvgIpc) is 2.73. The number of methoxy groups -OCH3 is 1. The zero-order valence-corrected chi connectivity index (χ0v) is 14.7. The number of ether oxygens (including phenoxy) is 1. The first-order valence-electron chi connectivity index (χ1n) is 8.44. The molecule has 0 aliphatic carbocycles. The van der Waals surface area contributed by atoms with Crippen LogP contribution in [-0.2, 0) is 0 Å². The highest BCUT2D eigenvalue weighted by Crippen LogP contribution is 2.31. The highest BCUT2D eigenvalue weighted by molar-refractivity contribution is 6.06. The number of rotatable bonds is 6. The van der Waals surface area contributed by atoms with E-state index in [0.29, 0.717) is 5.56 Å². The van der Waals surface area contributed by atoms with Crippen LogP contribution >= 0.6 is 0 Å². The Hall–Kier alpha value is -3.33. The molecule has 3 nitrogen and oxygen atoms in total. The van der Waals surface area contributed by atoms with E-state index in [0.717, 1.165) is 17.0 Å². The van der Waals surface area contributed by atoms with Gasteiger partial charge in [0.25, 0.3) is 5.91 Å². The van der Waals surface area contributed by atoms with Crippen molar-refractivity contribution in [3.63, 3.8) is 0 Å². The smallest absolute Gasteiger partial charge is 0.259 e. The molecule has 0 unspecified atom stereocenters. The summed E-state index contributed by atoms with van der Waals surface area (Å²) in [5.41, 5.74) is 2.42. The molecule has 0 saturated heterocycles. The highest BCUT2D eigenvalue weighted by Gasteiger charge is 2.25. The van der Waals surface area contributed by atoms with E-state index in [1.165, 1.54) is 0 Å². The standard InChI is InChI=1S/C23H21NO2/c1-3-22(18-10-6-4-7-11-18)24(20-14-16-21(26-2)17-15-20)23(25)19-12-8-5-9-13-19/h3-17,22H,1H2,2H3/t22-/m0/s1. The number of hydrogen-bond acceptors (Lipinski definition) is 2. The molecule has 0 aliphatic rings. The van der Waals surface area contributed by atoms with Gasteiger partial charge < -0.3 is 4.74 Å². The highest BCUT2D eigenvalue weighted by atomic mass is 16.5. The normalized spacial score (nSPS) is 11.4. The molecular formula is C23H21NO2. The van der Waals surface area contributed by atoms with E-state index in [4.69, 9.17) is 4.74 Å². The second kappa shape index (κ2) is 8.17. The molecule has 3 aromatic rings. The van der Waals surface area contributed by atoms with Gasteiger partial charge in [-0.05, 0) is 42.0 Å². The van der Waals surface area contributed by atoms with Crippen LogP contribution in [0.3, 0.4) is 0 Å². The predicted molar refractivity (Wildman–Crippen MR) is 106 cm³/mol. The van der Waals surface area contributed by atoms with Gasteiger partial charge in [-0.1, -0.05) is 54.6 Å². The Morgan fingerprint density at radius 3 is 2.04 bits per heavy atom. The summed E-state index contributed by atoms with van der Waals surface area (Å²) in [5, 5.41) is 0. The molecule has 1 atom stereocenters. The Labute approximate surface area is 154 Å². The molecule has 3 heteroatoms.